The molecule has 0 radical (unpaired) electrons. The molecule has 0 bridgehead atoms. The van der Waals surface area contributed by atoms with Gasteiger partial charge in [-0.05, 0) is 28.4 Å². The van der Waals surface area contributed by atoms with Crippen LogP contribution in [-0.4, -0.2) is 36.0 Å². The fraction of sp³-hybridized carbons (Fsp3) is 0.571. The van der Waals surface area contributed by atoms with Crippen LogP contribution >= 0.6 is 15.9 Å². The Bertz CT molecular complexity index is 477. The molecule has 2 heterocycles. The average molecular weight is 344 g/mol. The Morgan fingerprint density at radius 2 is 2.15 bits per heavy atom. The molecule has 1 fully saturated rings. The predicted octanol–water partition coefficient (Wildman–Crippen LogP) is 2.99. The van der Waals surface area contributed by atoms with Gasteiger partial charge in [0, 0.05) is 32.4 Å². The van der Waals surface area contributed by atoms with Gasteiger partial charge in [0.05, 0.1) is 10.7 Å². The van der Waals surface area contributed by atoms with Gasteiger partial charge in [0.25, 0.3) is 0 Å². The Hall–Kier alpha value is -1.30. The van der Waals surface area contributed by atoms with Gasteiger partial charge in [-0.1, -0.05) is 6.92 Å². The van der Waals surface area contributed by atoms with E-state index in [1.54, 1.807) is 6.07 Å². The summed E-state index contributed by atoms with van der Waals surface area (Å²) in [7, 11) is 0. The minimum absolute atomic E-state index is 0.148. The third kappa shape index (κ3) is 3.62. The molecule has 0 aromatic carbocycles. The molecule has 1 aromatic rings. The summed E-state index contributed by atoms with van der Waals surface area (Å²) in [4.78, 5) is 25.5. The van der Waals surface area contributed by atoms with E-state index in [0.717, 1.165) is 6.42 Å². The number of hydrogen-bond acceptors (Lipinski definition) is 4. The average Bonchev–Trinajstić information content (AvgIpc) is 2.86. The number of ether oxygens (including phenoxy) is 1. The third-order valence-corrected chi connectivity index (χ3v) is 3.96. The van der Waals surface area contributed by atoms with Gasteiger partial charge in [-0.25, -0.2) is 4.79 Å². The van der Waals surface area contributed by atoms with Gasteiger partial charge < -0.3 is 14.1 Å². The monoisotopic (exact) mass is 343 g/mol. The summed E-state index contributed by atoms with van der Waals surface area (Å²) in [5, 5.41) is 0. The van der Waals surface area contributed by atoms with Crippen LogP contribution in [0.3, 0.4) is 0 Å². The lowest BCUT2D eigenvalue weighted by molar-refractivity contribution is -0.133. The fourth-order valence-corrected chi connectivity index (χ4v) is 2.60. The summed E-state index contributed by atoms with van der Waals surface area (Å²) in [6.07, 6.45) is 4.10. The Morgan fingerprint density at radius 3 is 2.70 bits per heavy atom. The first-order valence-corrected chi connectivity index (χ1v) is 7.63. The molecule has 1 saturated heterocycles. The van der Waals surface area contributed by atoms with Gasteiger partial charge in [0.1, 0.15) is 6.10 Å². The zero-order valence-electron chi connectivity index (χ0n) is 11.4. The van der Waals surface area contributed by atoms with Crippen molar-refractivity contribution in [1.29, 1.82) is 0 Å². The predicted molar refractivity (Wildman–Crippen MR) is 76.3 cm³/mol. The van der Waals surface area contributed by atoms with Crippen LogP contribution in [0.15, 0.2) is 21.2 Å². The molecule has 0 spiro atoms. The number of carbonyl (C=O) groups is 2. The maximum absolute atomic E-state index is 11.9. The maximum atomic E-state index is 11.9. The van der Waals surface area contributed by atoms with E-state index in [0.29, 0.717) is 36.8 Å². The number of nitrogens with zero attached hydrogens (tertiary/aromatic N) is 1. The molecule has 1 aliphatic heterocycles. The number of piperidine rings is 1. The first-order chi connectivity index (χ1) is 9.61. The third-order valence-electron chi connectivity index (χ3n) is 3.33. The first-order valence-electron chi connectivity index (χ1n) is 6.83. The highest BCUT2D eigenvalue weighted by Crippen LogP contribution is 2.21. The highest BCUT2D eigenvalue weighted by Gasteiger charge is 2.26. The molecule has 0 atom stereocenters. The Kier molecular flexibility index (Phi) is 5.23. The van der Waals surface area contributed by atoms with E-state index >= 15 is 0 Å². The van der Waals surface area contributed by atoms with Crippen LogP contribution < -0.4 is 0 Å². The zero-order chi connectivity index (χ0) is 14.5. The van der Waals surface area contributed by atoms with Crippen LogP contribution in [0.2, 0.25) is 0 Å². The van der Waals surface area contributed by atoms with E-state index in [-0.39, 0.29) is 17.8 Å². The standard InChI is InChI=1S/C14H18BrNO4/c1-2-3-12(17)16-7-4-10(5-8-16)20-14(18)13-11(15)6-9-19-13/h6,9-10H,2-5,7-8H2,1H3. The molecule has 110 valence electrons. The highest BCUT2D eigenvalue weighted by atomic mass is 79.9. The number of esters is 1. The summed E-state index contributed by atoms with van der Waals surface area (Å²) >= 11 is 3.23. The van der Waals surface area contributed by atoms with E-state index in [9.17, 15) is 9.59 Å². The van der Waals surface area contributed by atoms with Crippen molar-refractivity contribution in [3.05, 3.63) is 22.6 Å². The summed E-state index contributed by atoms with van der Waals surface area (Å²) < 4.78 is 11.1. The Balaban J connectivity index is 1.81. The fourth-order valence-electron chi connectivity index (χ4n) is 2.24. The van der Waals surface area contributed by atoms with Crippen molar-refractivity contribution in [3.8, 4) is 0 Å². The van der Waals surface area contributed by atoms with E-state index in [1.807, 2.05) is 11.8 Å². The number of likely N-dealkylation sites (tertiary alicyclic amines) is 1. The summed E-state index contributed by atoms with van der Waals surface area (Å²) in [5.74, 6) is -0.0826. The smallest absolute Gasteiger partial charge is 0.375 e. The maximum Gasteiger partial charge on any atom is 0.375 e. The van der Waals surface area contributed by atoms with Crippen LogP contribution in [0.25, 0.3) is 0 Å². The van der Waals surface area contributed by atoms with Crippen LogP contribution in [0.1, 0.15) is 43.2 Å². The molecular formula is C14H18BrNO4. The molecule has 5 nitrogen and oxygen atoms in total. The molecule has 0 unspecified atom stereocenters. The molecule has 1 amide bonds. The Morgan fingerprint density at radius 1 is 1.45 bits per heavy atom. The topological polar surface area (TPSA) is 59.8 Å². The lowest BCUT2D eigenvalue weighted by atomic mass is 10.1. The van der Waals surface area contributed by atoms with E-state index < -0.39 is 5.97 Å². The van der Waals surface area contributed by atoms with E-state index in [4.69, 9.17) is 9.15 Å². The second-order valence-electron chi connectivity index (χ2n) is 4.83. The number of furan rings is 1. The van der Waals surface area contributed by atoms with Crippen LogP contribution in [0.5, 0.6) is 0 Å². The van der Waals surface area contributed by atoms with Crippen molar-refractivity contribution in [1.82, 2.24) is 4.90 Å². The second-order valence-corrected chi connectivity index (χ2v) is 5.69. The summed E-state index contributed by atoms with van der Waals surface area (Å²) in [5.41, 5.74) is 0. The molecule has 1 aliphatic rings. The molecular weight excluding hydrogens is 326 g/mol. The van der Waals surface area contributed by atoms with Crippen molar-refractivity contribution in [3.63, 3.8) is 0 Å². The quantitative estimate of drug-likeness (QED) is 0.788. The van der Waals surface area contributed by atoms with Crippen molar-refractivity contribution >= 4 is 27.8 Å². The van der Waals surface area contributed by atoms with Gasteiger partial charge >= 0.3 is 5.97 Å². The van der Waals surface area contributed by atoms with Crippen LogP contribution in [0, 0.1) is 0 Å². The zero-order valence-corrected chi connectivity index (χ0v) is 13.0. The molecule has 6 heteroatoms. The minimum Gasteiger partial charge on any atom is -0.456 e. The van der Waals surface area contributed by atoms with Gasteiger partial charge in [-0.2, -0.15) is 0 Å². The number of halogens is 1. The number of amides is 1. The number of carbonyl (C=O) groups excluding carboxylic acids is 2. The van der Waals surface area contributed by atoms with Crippen molar-refractivity contribution in [2.24, 2.45) is 0 Å². The second kappa shape index (κ2) is 6.92. The van der Waals surface area contributed by atoms with E-state index in [1.165, 1.54) is 6.26 Å². The minimum atomic E-state index is -0.458. The first kappa shape index (κ1) is 15.1. The lowest BCUT2D eigenvalue weighted by Gasteiger charge is -2.31. The molecule has 2 rings (SSSR count). The summed E-state index contributed by atoms with van der Waals surface area (Å²) in [6, 6.07) is 1.66. The molecule has 0 N–H and O–H groups in total. The molecule has 20 heavy (non-hydrogen) atoms. The molecule has 0 saturated carbocycles. The van der Waals surface area contributed by atoms with Gasteiger partial charge in [0.2, 0.25) is 11.7 Å². The normalized spacial score (nSPS) is 16.2. The molecule has 0 aliphatic carbocycles. The van der Waals surface area contributed by atoms with Crippen LogP contribution in [0.4, 0.5) is 0 Å². The van der Waals surface area contributed by atoms with Gasteiger partial charge in [0.15, 0.2) is 0 Å². The van der Waals surface area contributed by atoms with Crippen molar-refractivity contribution in [2.45, 2.75) is 38.7 Å². The van der Waals surface area contributed by atoms with E-state index in [2.05, 4.69) is 15.9 Å². The van der Waals surface area contributed by atoms with Crippen LogP contribution in [-0.2, 0) is 9.53 Å². The largest absolute Gasteiger partial charge is 0.456 e. The highest BCUT2D eigenvalue weighted by molar-refractivity contribution is 9.10. The van der Waals surface area contributed by atoms with Crippen molar-refractivity contribution in [2.75, 3.05) is 13.1 Å². The SMILES string of the molecule is CCCC(=O)N1CCC(OC(=O)c2occc2Br)CC1. The number of rotatable bonds is 4. The summed E-state index contributed by atoms with van der Waals surface area (Å²) in [6.45, 7) is 3.29. The lowest BCUT2D eigenvalue weighted by Crippen LogP contribution is -2.41. The van der Waals surface area contributed by atoms with Gasteiger partial charge in [-0.15, -0.1) is 0 Å². The Labute approximate surface area is 126 Å². The van der Waals surface area contributed by atoms with Gasteiger partial charge in [-0.3, -0.25) is 4.79 Å². The number of hydrogen-bond donors (Lipinski definition) is 0. The van der Waals surface area contributed by atoms with Crippen molar-refractivity contribution < 1.29 is 18.7 Å². The molecule has 1 aromatic heterocycles.